The molecule has 0 aromatic heterocycles. The summed E-state index contributed by atoms with van der Waals surface area (Å²) in [5.74, 6) is 0.326. The van der Waals surface area contributed by atoms with Gasteiger partial charge < -0.3 is 15.4 Å². The first kappa shape index (κ1) is 15.5. The Balaban J connectivity index is 1.59. The molecule has 1 amide bonds. The molecule has 1 heterocycles. The van der Waals surface area contributed by atoms with Gasteiger partial charge in [0.05, 0.1) is 6.04 Å². The van der Waals surface area contributed by atoms with Crippen molar-refractivity contribution in [3.8, 4) is 5.75 Å². The Morgan fingerprint density at radius 2 is 2.13 bits per heavy atom. The number of carbonyl (C=O) groups excluding carboxylic acids is 1. The molecule has 0 spiro atoms. The van der Waals surface area contributed by atoms with Crippen molar-refractivity contribution in [1.29, 1.82) is 0 Å². The van der Waals surface area contributed by atoms with E-state index in [-0.39, 0.29) is 24.4 Å². The first-order valence-electron chi connectivity index (χ1n) is 7.72. The lowest BCUT2D eigenvalue weighted by Crippen LogP contribution is -2.35. The van der Waals surface area contributed by atoms with Crippen LogP contribution in [-0.4, -0.2) is 18.5 Å². The second kappa shape index (κ2) is 7.24. The Hall–Kier alpha value is -2.40. The van der Waals surface area contributed by atoms with E-state index in [0.29, 0.717) is 11.4 Å². The Kier molecular flexibility index (Phi) is 4.88. The normalized spacial score (nSPS) is 17.0. The van der Waals surface area contributed by atoms with Gasteiger partial charge in [0.2, 0.25) is 5.91 Å². The minimum atomic E-state index is -0.281. The van der Waals surface area contributed by atoms with E-state index >= 15 is 0 Å². The number of carbonyl (C=O) groups is 1. The lowest BCUT2D eigenvalue weighted by molar-refractivity contribution is -0.117. The number of hydrogen-bond acceptors (Lipinski definition) is 3. The quantitative estimate of drug-likeness (QED) is 0.891. The molecule has 5 heteroatoms. The Morgan fingerprint density at radius 3 is 2.91 bits per heavy atom. The van der Waals surface area contributed by atoms with Gasteiger partial charge in [0, 0.05) is 11.8 Å². The van der Waals surface area contributed by atoms with Crippen molar-refractivity contribution in [2.75, 3.05) is 11.9 Å². The van der Waals surface area contributed by atoms with Crippen molar-refractivity contribution >= 4 is 11.6 Å². The summed E-state index contributed by atoms with van der Waals surface area (Å²) in [5, 5.41) is 6.05. The SMILES string of the molecule is O=C(Nc1cccc(OCc2cccc(F)c2)c1)C1CCCN1. The van der Waals surface area contributed by atoms with Crippen LogP contribution in [-0.2, 0) is 11.4 Å². The average molecular weight is 314 g/mol. The molecule has 3 rings (SSSR count). The number of amides is 1. The van der Waals surface area contributed by atoms with Crippen LogP contribution in [0.1, 0.15) is 18.4 Å². The standard InChI is InChI=1S/C18H19FN2O2/c19-14-5-1-4-13(10-14)12-23-16-7-2-6-15(11-16)21-18(22)17-8-3-9-20-17/h1-2,4-7,10-11,17,20H,3,8-9,12H2,(H,21,22). The molecule has 1 fully saturated rings. The van der Waals surface area contributed by atoms with E-state index < -0.39 is 0 Å². The van der Waals surface area contributed by atoms with Gasteiger partial charge in [0.15, 0.2) is 0 Å². The van der Waals surface area contributed by atoms with Crippen molar-refractivity contribution in [2.45, 2.75) is 25.5 Å². The first-order chi connectivity index (χ1) is 11.2. The lowest BCUT2D eigenvalue weighted by atomic mass is 10.2. The molecule has 0 bridgehead atoms. The zero-order valence-electron chi connectivity index (χ0n) is 12.7. The van der Waals surface area contributed by atoms with E-state index in [1.54, 1.807) is 18.2 Å². The van der Waals surface area contributed by atoms with Gasteiger partial charge in [-0.25, -0.2) is 4.39 Å². The summed E-state index contributed by atoms with van der Waals surface area (Å²) in [4.78, 5) is 12.1. The number of halogens is 1. The van der Waals surface area contributed by atoms with Crippen LogP contribution in [0.25, 0.3) is 0 Å². The molecule has 0 saturated carbocycles. The molecule has 1 aliphatic heterocycles. The van der Waals surface area contributed by atoms with E-state index in [1.165, 1.54) is 12.1 Å². The molecular weight excluding hydrogens is 295 g/mol. The van der Waals surface area contributed by atoms with Crippen molar-refractivity contribution in [3.05, 3.63) is 59.9 Å². The summed E-state index contributed by atoms with van der Waals surface area (Å²) in [6, 6.07) is 13.4. The monoisotopic (exact) mass is 314 g/mol. The van der Waals surface area contributed by atoms with Crippen molar-refractivity contribution in [2.24, 2.45) is 0 Å². The number of ether oxygens (including phenoxy) is 1. The lowest BCUT2D eigenvalue weighted by Gasteiger charge is -2.12. The minimum absolute atomic E-state index is 0.0234. The molecule has 4 nitrogen and oxygen atoms in total. The van der Waals surface area contributed by atoms with Crippen LogP contribution in [0.5, 0.6) is 5.75 Å². The Morgan fingerprint density at radius 1 is 1.26 bits per heavy atom. The van der Waals surface area contributed by atoms with E-state index in [4.69, 9.17) is 4.74 Å². The molecule has 1 aliphatic rings. The van der Waals surface area contributed by atoms with Gasteiger partial charge in [-0.2, -0.15) is 0 Å². The average Bonchev–Trinajstić information content (AvgIpc) is 3.08. The Bertz CT molecular complexity index is 684. The topological polar surface area (TPSA) is 50.4 Å². The first-order valence-corrected chi connectivity index (χ1v) is 7.72. The highest BCUT2D eigenvalue weighted by Gasteiger charge is 2.21. The highest BCUT2D eigenvalue weighted by atomic mass is 19.1. The summed E-state index contributed by atoms with van der Waals surface area (Å²) in [6.45, 7) is 1.16. The van der Waals surface area contributed by atoms with Crippen LogP contribution in [0.4, 0.5) is 10.1 Å². The predicted molar refractivity (Wildman–Crippen MR) is 86.8 cm³/mol. The number of benzene rings is 2. The predicted octanol–water partition coefficient (Wildman–Crippen LogP) is 3.10. The Labute approximate surface area is 134 Å². The number of anilines is 1. The van der Waals surface area contributed by atoms with Crippen LogP contribution in [0.3, 0.4) is 0 Å². The van der Waals surface area contributed by atoms with Crippen molar-refractivity contribution < 1.29 is 13.9 Å². The van der Waals surface area contributed by atoms with Gasteiger partial charge >= 0.3 is 0 Å². The fourth-order valence-corrected chi connectivity index (χ4v) is 2.59. The largest absolute Gasteiger partial charge is 0.489 e. The van der Waals surface area contributed by atoms with Gasteiger partial charge in [0.1, 0.15) is 18.2 Å². The smallest absolute Gasteiger partial charge is 0.241 e. The van der Waals surface area contributed by atoms with Crippen LogP contribution < -0.4 is 15.4 Å². The number of rotatable bonds is 5. The van der Waals surface area contributed by atoms with E-state index in [2.05, 4.69) is 10.6 Å². The maximum atomic E-state index is 13.1. The highest BCUT2D eigenvalue weighted by Crippen LogP contribution is 2.19. The zero-order valence-corrected chi connectivity index (χ0v) is 12.7. The van der Waals surface area contributed by atoms with Gasteiger partial charge in [0.25, 0.3) is 0 Å². The third-order valence-corrected chi connectivity index (χ3v) is 3.77. The fraction of sp³-hybridized carbons (Fsp3) is 0.278. The number of hydrogen-bond donors (Lipinski definition) is 2. The third kappa shape index (κ3) is 4.29. The molecular formula is C18H19FN2O2. The van der Waals surface area contributed by atoms with Gasteiger partial charge in [-0.1, -0.05) is 18.2 Å². The zero-order chi connectivity index (χ0) is 16.1. The summed E-state index contributed by atoms with van der Waals surface area (Å²) in [5.41, 5.74) is 1.45. The summed E-state index contributed by atoms with van der Waals surface area (Å²) < 4.78 is 18.8. The van der Waals surface area contributed by atoms with Gasteiger partial charge in [-0.15, -0.1) is 0 Å². The minimum Gasteiger partial charge on any atom is -0.489 e. The third-order valence-electron chi connectivity index (χ3n) is 3.77. The molecule has 1 saturated heterocycles. The molecule has 2 aromatic carbocycles. The van der Waals surface area contributed by atoms with Crippen molar-refractivity contribution in [3.63, 3.8) is 0 Å². The highest BCUT2D eigenvalue weighted by molar-refractivity contribution is 5.95. The molecule has 1 atom stereocenters. The number of nitrogens with one attached hydrogen (secondary N) is 2. The fourth-order valence-electron chi connectivity index (χ4n) is 2.59. The molecule has 1 unspecified atom stereocenters. The molecule has 2 aromatic rings. The van der Waals surface area contributed by atoms with Gasteiger partial charge in [-0.05, 0) is 49.2 Å². The second-order valence-corrected chi connectivity index (χ2v) is 5.58. The second-order valence-electron chi connectivity index (χ2n) is 5.58. The maximum absolute atomic E-state index is 13.1. The summed E-state index contributed by atoms with van der Waals surface area (Å²) >= 11 is 0. The van der Waals surface area contributed by atoms with Crippen LogP contribution in [0.15, 0.2) is 48.5 Å². The van der Waals surface area contributed by atoms with Crippen molar-refractivity contribution in [1.82, 2.24) is 5.32 Å². The summed E-state index contributed by atoms with van der Waals surface area (Å²) in [7, 11) is 0. The summed E-state index contributed by atoms with van der Waals surface area (Å²) in [6.07, 6.45) is 1.89. The van der Waals surface area contributed by atoms with Crippen LogP contribution in [0, 0.1) is 5.82 Å². The molecule has 2 N–H and O–H groups in total. The molecule has 0 radical (unpaired) electrons. The van der Waals surface area contributed by atoms with E-state index in [0.717, 1.165) is 24.9 Å². The van der Waals surface area contributed by atoms with Crippen LogP contribution in [0.2, 0.25) is 0 Å². The van der Waals surface area contributed by atoms with Gasteiger partial charge in [-0.3, -0.25) is 4.79 Å². The molecule has 23 heavy (non-hydrogen) atoms. The maximum Gasteiger partial charge on any atom is 0.241 e. The van der Waals surface area contributed by atoms with E-state index in [1.807, 2.05) is 18.2 Å². The molecule has 0 aliphatic carbocycles. The van der Waals surface area contributed by atoms with E-state index in [9.17, 15) is 9.18 Å². The molecule has 120 valence electrons. The van der Waals surface area contributed by atoms with Crippen LogP contribution >= 0.6 is 0 Å².